The van der Waals surface area contributed by atoms with E-state index in [-0.39, 0.29) is 0 Å². The van der Waals surface area contributed by atoms with Crippen molar-refractivity contribution in [2.45, 2.75) is 26.8 Å². The van der Waals surface area contributed by atoms with Crippen LogP contribution in [-0.4, -0.2) is 48.3 Å². The van der Waals surface area contributed by atoms with Crippen LogP contribution in [0.15, 0.2) is 24.3 Å². The van der Waals surface area contributed by atoms with E-state index < -0.39 is 0 Å². The molecule has 19 heavy (non-hydrogen) atoms. The van der Waals surface area contributed by atoms with Crippen molar-refractivity contribution in [2.75, 3.05) is 32.7 Å². The number of ketones is 1. The second-order valence-corrected chi connectivity index (χ2v) is 5.56. The molecule has 0 saturated carbocycles. The zero-order chi connectivity index (χ0) is 13.7. The minimum Gasteiger partial charge on any atom is -0.300 e. The van der Waals surface area contributed by atoms with Crippen molar-refractivity contribution in [1.82, 2.24) is 9.80 Å². The van der Waals surface area contributed by atoms with Crippen molar-refractivity contribution < 1.29 is 4.79 Å². The van der Waals surface area contributed by atoms with Crippen LogP contribution in [0.2, 0.25) is 0 Å². The van der Waals surface area contributed by atoms with Crippen LogP contribution in [0, 0.1) is 6.92 Å². The molecule has 0 bridgehead atoms. The Morgan fingerprint density at radius 2 is 1.63 bits per heavy atom. The molecule has 0 N–H and O–H groups in total. The van der Waals surface area contributed by atoms with Crippen LogP contribution in [-0.2, 0) is 11.3 Å². The number of hydrogen-bond acceptors (Lipinski definition) is 3. The van der Waals surface area contributed by atoms with E-state index in [2.05, 4.69) is 41.0 Å². The van der Waals surface area contributed by atoms with Crippen LogP contribution in [0.5, 0.6) is 0 Å². The lowest BCUT2D eigenvalue weighted by Gasteiger charge is -2.34. The van der Waals surface area contributed by atoms with Crippen molar-refractivity contribution in [2.24, 2.45) is 0 Å². The molecule has 1 heterocycles. The molecule has 2 rings (SSSR count). The topological polar surface area (TPSA) is 23.6 Å². The average Bonchev–Trinajstić information content (AvgIpc) is 2.40. The Morgan fingerprint density at radius 1 is 1.05 bits per heavy atom. The fourth-order valence-corrected chi connectivity index (χ4v) is 2.44. The summed E-state index contributed by atoms with van der Waals surface area (Å²) in [5.74, 6) is 0.294. The Balaban J connectivity index is 1.74. The zero-order valence-electron chi connectivity index (χ0n) is 12.1. The van der Waals surface area contributed by atoms with Crippen LogP contribution in [0.3, 0.4) is 0 Å². The third kappa shape index (κ3) is 4.77. The number of piperazine rings is 1. The van der Waals surface area contributed by atoms with E-state index >= 15 is 0 Å². The lowest BCUT2D eigenvalue weighted by atomic mass is 10.1. The van der Waals surface area contributed by atoms with Gasteiger partial charge in [-0.3, -0.25) is 9.69 Å². The smallest absolute Gasteiger partial charge is 0.131 e. The lowest BCUT2D eigenvalue weighted by Crippen LogP contribution is -2.46. The van der Waals surface area contributed by atoms with Crippen LogP contribution < -0.4 is 0 Å². The normalized spacial score (nSPS) is 17.6. The quantitative estimate of drug-likeness (QED) is 0.810. The minimum absolute atomic E-state index is 0.294. The summed E-state index contributed by atoms with van der Waals surface area (Å²) in [6, 6.07) is 8.80. The van der Waals surface area contributed by atoms with Gasteiger partial charge in [0.05, 0.1) is 0 Å². The van der Waals surface area contributed by atoms with Crippen LogP contribution in [0.25, 0.3) is 0 Å². The van der Waals surface area contributed by atoms with Crippen molar-refractivity contribution in [3.05, 3.63) is 35.4 Å². The molecule has 1 aliphatic heterocycles. The molecular formula is C16H24N2O. The zero-order valence-corrected chi connectivity index (χ0v) is 12.1. The largest absolute Gasteiger partial charge is 0.300 e. The number of rotatable bonds is 5. The number of aryl methyl sites for hydroxylation is 1. The highest BCUT2D eigenvalue weighted by Crippen LogP contribution is 2.10. The molecule has 0 radical (unpaired) electrons. The van der Waals surface area contributed by atoms with E-state index in [0.717, 1.165) is 39.3 Å². The van der Waals surface area contributed by atoms with E-state index in [1.807, 2.05) is 0 Å². The average molecular weight is 260 g/mol. The van der Waals surface area contributed by atoms with Gasteiger partial charge < -0.3 is 4.90 Å². The first-order valence-corrected chi connectivity index (χ1v) is 7.13. The van der Waals surface area contributed by atoms with Gasteiger partial charge >= 0.3 is 0 Å². The van der Waals surface area contributed by atoms with Crippen molar-refractivity contribution >= 4 is 5.78 Å². The van der Waals surface area contributed by atoms with E-state index in [1.165, 1.54) is 11.1 Å². The summed E-state index contributed by atoms with van der Waals surface area (Å²) in [5, 5.41) is 0. The van der Waals surface area contributed by atoms with Gasteiger partial charge in [-0.05, 0) is 19.4 Å². The SMILES string of the molecule is CC(=O)CCN1CCN(Cc2ccc(C)cc2)CC1. The monoisotopic (exact) mass is 260 g/mol. The molecule has 0 amide bonds. The molecule has 0 atom stereocenters. The highest BCUT2D eigenvalue weighted by molar-refractivity contribution is 5.75. The van der Waals surface area contributed by atoms with Crippen molar-refractivity contribution in [1.29, 1.82) is 0 Å². The first kappa shape index (κ1) is 14.2. The Hall–Kier alpha value is -1.19. The number of carbonyl (C=O) groups is 1. The number of nitrogens with zero attached hydrogens (tertiary/aromatic N) is 2. The number of carbonyl (C=O) groups excluding carboxylic acids is 1. The summed E-state index contributed by atoms with van der Waals surface area (Å²) in [6.45, 7) is 10.1. The molecule has 0 aromatic heterocycles. The predicted octanol–water partition coefficient (Wildman–Crippen LogP) is 2.09. The Kier molecular flexibility index (Phi) is 5.11. The first-order valence-electron chi connectivity index (χ1n) is 7.13. The summed E-state index contributed by atoms with van der Waals surface area (Å²) in [5.41, 5.74) is 2.71. The molecule has 0 unspecified atom stereocenters. The second-order valence-electron chi connectivity index (χ2n) is 5.56. The summed E-state index contributed by atoms with van der Waals surface area (Å²) in [6.07, 6.45) is 0.692. The number of hydrogen-bond donors (Lipinski definition) is 0. The van der Waals surface area contributed by atoms with Gasteiger partial charge in [0.2, 0.25) is 0 Å². The molecule has 0 aliphatic carbocycles. The van der Waals surface area contributed by atoms with E-state index in [0.29, 0.717) is 12.2 Å². The standard InChI is InChI=1S/C16H24N2O/c1-14-3-5-16(6-4-14)13-18-11-9-17(10-12-18)8-7-15(2)19/h3-6H,7-13H2,1-2H3. The highest BCUT2D eigenvalue weighted by Gasteiger charge is 2.16. The maximum absolute atomic E-state index is 11.0. The number of benzene rings is 1. The molecule has 1 fully saturated rings. The van der Waals surface area contributed by atoms with Crippen molar-refractivity contribution in [3.63, 3.8) is 0 Å². The Labute approximate surface area is 116 Å². The Morgan fingerprint density at radius 3 is 2.21 bits per heavy atom. The van der Waals surface area contributed by atoms with E-state index in [4.69, 9.17) is 0 Å². The molecule has 0 spiro atoms. The summed E-state index contributed by atoms with van der Waals surface area (Å²) >= 11 is 0. The molecule has 1 aromatic carbocycles. The second kappa shape index (κ2) is 6.83. The fourth-order valence-electron chi connectivity index (χ4n) is 2.44. The molecule has 1 aliphatic rings. The summed E-state index contributed by atoms with van der Waals surface area (Å²) in [7, 11) is 0. The van der Waals surface area contributed by atoms with Gasteiger partial charge in [-0.2, -0.15) is 0 Å². The van der Waals surface area contributed by atoms with Crippen LogP contribution in [0.4, 0.5) is 0 Å². The van der Waals surface area contributed by atoms with Gasteiger partial charge in [-0.1, -0.05) is 29.8 Å². The van der Waals surface area contributed by atoms with E-state index in [1.54, 1.807) is 6.92 Å². The fraction of sp³-hybridized carbons (Fsp3) is 0.562. The maximum Gasteiger partial charge on any atom is 0.131 e. The van der Waals surface area contributed by atoms with Crippen LogP contribution >= 0.6 is 0 Å². The third-order valence-corrected chi connectivity index (χ3v) is 3.77. The predicted molar refractivity (Wildman–Crippen MR) is 78.2 cm³/mol. The first-order chi connectivity index (χ1) is 9.13. The summed E-state index contributed by atoms with van der Waals surface area (Å²) < 4.78 is 0. The van der Waals surface area contributed by atoms with E-state index in [9.17, 15) is 4.79 Å². The molecule has 1 saturated heterocycles. The highest BCUT2D eigenvalue weighted by atomic mass is 16.1. The van der Waals surface area contributed by atoms with Gasteiger partial charge in [0.25, 0.3) is 0 Å². The summed E-state index contributed by atoms with van der Waals surface area (Å²) in [4.78, 5) is 15.9. The van der Waals surface area contributed by atoms with Gasteiger partial charge in [0.1, 0.15) is 5.78 Å². The molecular weight excluding hydrogens is 236 g/mol. The van der Waals surface area contributed by atoms with Gasteiger partial charge in [0, 0.05) is 45.7 Å². The van der Waals surface area contributed by atoms with Gasteiger partial charge in [0.15, 0.2) is 0 Å². The van der Waals surface area contributed by atoms with Crippen LogP contribution in [0.1, 0.15) is 24.5 Å². The van der Waals surface area contributed by atoms with Crippen molar-refractivity contribution in [3.8, 4) is 0 Å². The molecule has 104 valence electrons. The van der Waals surface area contributed by atoms with Gasteiger partial charge in [-0.15, -0.1) is 0 Å². The lowest BCUT2D eigenvalue weighted by molar-refractivity contribution is -0.117. The van der Waals surface area contributed by atoms with Gasteiger partial charge in [-0.25, -0.2) is 0 Å². The third-order valence-electron chi connectivity index (χ3n) is 3.77. The number of Topliss-reactive ketones (excluding diaryl/α,β-unsaturated/α-hetero) is 1. The maximum atomic E-state index is 11.0. The molecule has 1 aromatic rings. The Bertz CT molecular complexity index is 405. The minimum atomic E-state index is 0.294. The molecule has 3 heteroatoms. The molecule has 3 nitrogen and oxygen atoms in total.